The molecule has 28 heavy (non-hydrogen) atoms. The van der Waals surface area contributed by atoms with Crippen molar-refractivity contribution in [2.45, 2.75) is 33.0 Å². The molecule has 0 bridgehead atoms. The van der Waals surface area contributed by atoms with Crippen molar-refractivity contribution in [3.05, 3.63) is 52.6 Å². The first kappa shape index (κ1) is 22.2. The van der Waals surface area contributed by atoms with Gasteiger partial charge in [0, 0.05) is 5.56 Å². The minimum absolute atomic E-state index is 0.0167. The van der Waals surface area contributed by atoms with Crippen LogP contribution in [0.3, 0.4) is 0 Å². The molecule has 0 fully saturated rings. The lowest BCUT2D eigenvalue weighted by molar-refractivity contribution is 0.254. The molecule has 2 rings (SSSR count). The van der Waals surface area contributed by atoms with Crippen LogP contribution >= 0.6 is 7.82 Å². The first-order chi connectivity index (χ1) is 13.3. The zero-order valence-corrected chi connectivity index (χ0v) is 16.7. The molecule has 0 aliphatic carbocycles. The lowest BCUT2D eigenvalue weighted by Crippen LogP contribution is -2.02. The Bertz CT molecular complexity index is 821. The molecule has 154 valence electrons. The number of ether oxygens (including phenoxy) is 2. The lowest BCUT2D eigenvalue weighted by Gasteiger charge is -2.15. The second kappa shape index (κ2) is 9.91. The summed E-state index contributed by atoms with van der Waals surface area (Å²) in [5.74, 6) is 0.740. The van der Waals surface area contributed by atoms with E-state index in [2.05, 4.69) is 0 Å². The minimum atomic E-state index is -4.71. The van der Waals surface area contributed by atoms with Crippen LogP contribution in [0.1, 0.15) is 29.2 Å². The Kier molecular flexibility index (Phi) is 7.86. The van der Waals surface area contributed by atoms with Crippen molar-refractivity contribution >= 4 is 7.82 Å². The number of benzene rings is 2. The standard InChI is InChI=1S/C19H25O8P/c1-3-26-17-7-6-13(9-19(17)27-28(22,23)24)4-5-14-8-15(11-20)16(12-21)18(10-14)25-2/h6-10,20-21H,3-5,11-12H2,1-2H3,(H2,22,23,24). The molecule has 0 saturated carbocycles. The molecular formula is C19H25O8P. The highest BCUT2D eigenvalue weighted by Crippen LogP contribution is 2.42. The van der Waals surface area contributed by atoms with Crippen molar-refractivity contribution in [3.63, 3.8) is 0 Å². The summed E-state index contributed by atoms with van der Waals surface area (Å²) in [7, 11) is -3.22. The summed E-state index contributed by atoms with van der Waals surface area (Å²) in [6.45, 7) is 1.64. The molecule has 8 nitrogen and oxygen atoms in total. The van der Waals surface area contributed by atoms with E-state index in [-0.39, 0.29) is 24.7 Å². The van der Waals surface area contributed by atoms with Crippen molar-refractivity contribution < 1.29 is 38.6 Å². The van der Waals surface area contributed by atoms with E-state index in [1.54, 1.807) is 31.2 Å². The summed E-state index contributed by atoms with van der Waals surface area (Å²) < 4.78 is 26.6. The van der Waals surface area contributed by atoms with Gasteiger partial charge in [-0.25, -0.2) is 4.57 Å². The molecule has 0 aliphatic heterocycles. The predicted molar refractivity (Wildman–Crippen MR) is 103 cm³/mol. The average molecular weight is 412 g/mol. The highest BCUT2D eigenvalue weighted by Gasteiger charge is 2.19. The van der Waals surface area contributed by atoms with Crippen LogP contribution in [0.4, 0.5) is 0 Å². The molecule has 0 amide bonds. The third kappa shape index (κ3) is 5.95. The SMILES string of the molecule is CCOc1ccc(CCc2cc(CO)c(CO)c(OC)c2)cc1OP(=O)(O)O. The number of hydrogen-bond donors (Lipinski definition) is 4. The third-order valence-corrected chi connectivity index (χ3v) is 4.57. The van der Waals surface area contributed by atoms with E-state index in [0.717, 1.165) is 11.1 Å². The van der Waals surface area contributed by atoms with Crippen molar-refractivity contribution in [2.24, 2.45) is 0 Å². The van der Waals surface area contributed by atoms with E-state index in [4.69, 9.17) is 23.8 Å². The number of aliphatic hydroxyl groups is 2. The molecule has 0 saturated heterocycles. The zero-order chi connectivity index (χ0) is 20.7. The van der Waals surface area contributed by atoms with Gasteiger partial charge in [-0.05, 0) is 54.7 Å². The second-order valence-corrected chi connectivity index (χ2v) is 7.21. The van der Waals surface area contributed by atoms with Crippen molar-refractivity contribution in [1.29, 1.82) is 0 Å². The van der Waals surface area contributed by atoms with Crippen LogP contribution in [0.2, 0.25) is 0 Å². The topological polar surface area (TPSA) is 126 Å². The first-order valence-electron chi connectivity index (χ1n) is 8.72. The van der Waals surface area contributed by atoms with Gasteiger partial charge in [0.15, 0.2) is 11.5 Å². The molecule has 0 aliphatic rings. The summed E-state index contributed by atoms with van der Waals surface area (Å²) in [6.07, 6.45) is 1.13. The molecule has 9 heteroatoms. The average Bonchev–Trinajstić information content (AvgIpc) is 2.66. The fourth-order valence-corrected chi connectivity index (χ4v) is 3.28. The van der Waals surface area contributed by atoms with E-state index in [1.807, 2.05) is 0 Å². The number of phosphoric ester groups is 1. The molecule has 2 aromatic rings. The Morgan fingerprint density at radius 1 is 0.929 bits per heavy atom. The summed E-state index contributed by atoms with van der Waals surface area (Å²) >= 11 is 0. The van der Waals surface area contributed by atoms with Gasteiger partial charge in [-0.1, -0.05) is 12.1 Å². The van der Waals surface area contributed by atoms with Gasteiger partial charge < -0.3 is 24.2 Å². The molecule has 0 aromatic heterocycles. The van der Waals surface area contributed by atoms with E-state index < -0.39 is 7.82 Å². The summed E-state index contributed by atoms with van der Waals surface area (Å²) in [4.78, 5) is 18.2. The maximum atomic E-state index is 11.2. The van der Waals surface area contributed by atoms with Gasteiger partial charge >= 0.3 is 7.82 Å². The fraction of sp³-hybridized carbons (Fsp3) is 0.368. The van der Waals surface area contributed by atoms with Gasteiger partial charge in [-0.3, -0.25) is 9.79 Å². The molecule has 0 radical (unpaired) electrons. The number of phosphoric acid groups is 1. The maximum Gasteiger partial charge on any atom is 0.524 e. The largest absolute Gasteiger partial charge is 0.524 e. The predicted octanol–water partition coefficient (Wildman–Crippen LogP) is 2.34. The van der Waals surface area contributed by atoms with Crippen LogP contribution in [-0.2, 0) is 30.6 Å². The van der Waals surface area contributed by atoms with Crippen molar-refractivity contribution in [2.75, 3.05) is 13.7 Å². The van der Waals surface area contributed by atoms with Gasteiger partial charge in [0.2, 0.25) is 0 Å². The van der Waals surface area contributed by atoms with Crippen LogP contribution in [0.5, 0.6) is 17.2 Å². The molecule has 0 atom stereocenters. The van der Waals surface area contributed by atoms with Crippen molar-refractivity contribution in [3.8, 4) is 17.2 Å². The van der Waals surface area contributed by atoms with Gasteiger partial charge in [0.05, 0.1) is 26.9 Å². The Labute approximate surface area is 163 Å². The summed E-state index contributed by atoms with van der Waals surface area (Å²) in [5, 5.41) is 19.0. The highest BCUT2D eigenvalue weighted by atomic mass is 31.2. The Balaban J connectivity index is 2.24. The van der Waals surface area contributed by atoms with Crippen LogP contribution in [0, 0.1) is 0 Å². The second-order valence-electron chi connectivity index (χ2n) is 6.05. The Hall–Kier alpha value is -2.09. The molecule has 0 heterocycles. The van der Waals surface area contributed by atoms with E-state index in [0.29, 0.717) is 36.3 Å². The molecule has 0 unspecified atom stereocenters. The van der Waals surface area contributed by atoms with Gasteiger partial charge in [0.1, 0.15) is 5.75 Å². The summed E-state index contributed by atoms with van der Waals surface area (Å²) in [5.41, 5.74) is 2.83. The number of hydrogen-bond acceptors (Lipinski definition) is 6. The molecule has 0 spiro atoms. The van der Waals surface area contributed by atoms with E-state index in [1.165, 1.54) is 13.2 Å². The maximum absolute atomic E-state index is 11.2. The molecule has 2 aromatic carbocycles. The van der Waals surface area contributed by atoms with Gasteiger partial charge in [-0.2, -0.15) is 0 Å². The van der Waals surface area contributed by atoms with Crippen LogP contribution in [0.25, 0.3) is 0 Å². The molecule has 4 N–H and O–H groups in total. The van der Waals surface area contributed by atoms with E-state index >= 15 is 0 Å². The first-order valence-corrected chi connectivity index (χ1v) is 10.3. The van der Waals surface area contributed by atoms with Crippen LogP contribution in [0.15, 0.2) is 30.3 Å². The number of rotatable bonds is 10. The van der Waals surface area contributed by atoms with E-state index in [9.17, 15) is 14.8 Å². The van der Waals surface area contributed by atoms with Crippen LogP contribution < -0.4 is 14.0 Å². The smallest absolute Gasteiger partial charge is 0.496 e. The zero-order valence-electron chi connectivity index (χ0n) is 15.8. The normalized spacial score (nSPS) is 11.4. The Morgan fingerprint density at radius 3 is 2.18 bits per heavy atom. The number of aliphatic hydroxyl groups excluding tert-OH is 2. The summed E-state index contributed by atoms with van der Waals surface area (Å²) in [6, 6.07) is 8.54. The van der Waals surface area contributed by atoms with Crippen molar-refractivity contribution in [1.82, 2.24) is 0 Å². The fourth-order valence-electron chi connectivity index (χ4n) is 2.88. The van der Waals surface area contributed by atoms with Gasteiger partial charge in [0.25, 0.3) is 0 Å². The lowest BCUT2D eigenvalue weighted by atomic mass is 9.98. The number of aryl methyl sites for hydroxylation is 2. The minimum Gasteiger partial charge on any atom is -0.496 e. The number of methoxy groups -OCH3 is 1. The highest BCUT2D eigenvalue weighted by molar-refractivity contribution is 7.46. The Morgan fingerprint density at radius 2 is 1.61 bits per heavy atom. The molecular weight excluding hydrogens is 387 g/mol. The third-order valence-electron chi connectivity index (χ3n) is 4.14. The van der Waals surface area contributed by atoms with Crippen LogP contribution in [-0.4, -0.2) is 33.7 Å². The quantitative estimate of drug-likeness (QED) is 0.438. The monoisotopic (exact) mass is 412 g/mol. The van der Waals surface area contributed by atoms with Gasteiger partial charge in [-0.15, -0.1) is 0 Å².